The number of ether oxygens (including phenoxy) is 2. The standard InChI is InChI=1S/C16H17F5O3/c1-10-2-4-11(5-3-10)14(22)23-12-6-8-13(9-7-12)24-16(20,21)15(17,18)19/h6-11H,2-5H2,1H3. The lowest BCUT2D eigenvalue weighted by Crippen LogP contribution is -2.41. The van der Waals surface area contributed by atoms with Gasteiger partial charge in [-0.25, -0.2) is 0 Å². The number of halogens is 5. The van der Waals surface area contributed by atoms with Crippen molar-refractivity contribution in [3.8, 4) is 11.5 Å². The van der Waals surface area contributed by atoms with Gasteiger partial charge in [0.15, 0.2) is 0 Å². The van der Waals surface area contributed by atoms with Crippen molar-refractivity contribution in [3.63, 3.8) is 0 Å². The number of carbonyl (C=O) groups is 1. The summed E-state index contributed by atoms with van der Waals surface area (Å²) in [6, 6.07) is 4.02. The normalized spacial score (nSPS) is 22.1. The molecule has 2 rings (SSSR count). The summed E-state index contributed by atoms with van der Waals surface area (Å²) in [7, 11) is 0. The maximum Gasteiger partial charge on any atom is 0.499 e. The maximum absolute atomic E-state index is 12.8. The van der Waals surface area contributed by atoms with Gasteiger partial charge in [0.2, 0.25) is 0 Å². The summed E-state index contributed by atoms with van der Waals surface area (Å²) in [5.41, 5.74) is 0. The number of benzene rings is 1. The zero-order valence-electron chi connectivity index (χ0n) is 12.9. The molecule has 24 heavy (non-hydrogen) atoms. The molecule has 1 aliphatic carbocycles. The molecule has 1 aromatic rings. The molecule has 0 radical (unpaired) electrons. The van der Waals surface area contributed by atoms with Gasteiger partial charge in [-0.05, 0) is 55.9 Å². The Balaban J connectivity index is 1.93. The van der Waals surface area contributed by atoms with E-state index in [2.05, 4.69) is 11.7 Å². The van der Waals surface area contributed by atoms with Crippen LogP contribution in [-0.4, -0.2) is 18.3 Å². The molecular formula is C16H17F5O3. The second kappa shape index (κ2) is 6.94. The van der Waals surface area contributed by atoms with E-state index in [4.69, 9.17) is 4.74 Å². The lowest BCUT2D eigenvalue weighted by atomic mass is 9.83. The molecule has 0 bridgehead atoms. The SMILES string of the molecule is CC1CCC(C(=O)Oc2ccc(OC(F)(F)C(F)(F)F)cc2)CC1. The summed E-state index contributed by atoms with van der Waals surface area (Å²) in [4.78, 5) is 12.0. The Morgan fingerprint density at radius 1 is 0.958 bits per heavy atom. The minimum Gasteiger partial charge on any atom is -0.426 e. The Labute approximate surface area is 135 Å². The summed E-state index contributed by atoms with van der Waals surface area (Å²) >= 11 is 0. The minimum absolute atomic E-state index is 0.0706. The van der Waals surface area contributed by atoms with Crippen molar-refractivity contribution in [2.75, 3.05) is 0 Å². The Bertz CT molecular complexity index is 560. The Kier molecular flexibility index (Phi) is 5.35. The monoisotopic (exact) mass is 352 g/mol. The van der Waals surface area contributed by atoms with E-state index in [1.165, 1.54) is 0 Å². The summed E-state index contributed by atoms with van der Waals surface area (Å²) in [5.74, 6) is -0.673. The predicted octanol–water partition coefficient (Wildman–Crippen LogP) is 4.95. The fourth-order valence-electron chi connectivity index (χ4n) is 2.48. The van der Waals surface area contributed by atoms with Crippen LogP contribution in [0.4, 0.5) is 22.0 Å². The van der Waals surface area contributed by atoms with E-state index >= 15 is 0 Å². The lowest BCUT2D eigenvalue weighted by Gasteiger charge is -2.24. The third-order valence-corrected chi connectivity index (χ3v) is 3.97. The molecule has 0 aromatic heterocycles. The molecule has 0 spiro atoms. The van der Waals surface area contributed by atoms with E-state index in [0.29, 0.717) is 5.92 Å². The predicted molar refractivity (Wildman–Crippen MR) is 74.8 cm³/mol. The number of alkyl halides is 5. The highest BCUT2D eigenvalue weighted by Crippen LogP contribution is 2.37. The first-order chi connectivity index (χ1) is 11.1. The van der Waals surface area contributed by atoms with Gasteiger partial charge in [0.1, 0.15) is 11.5 Å². The zero-order valence-corrected chi connectivity index (χ0v) is 12.9. The van der Waals surface area contributed by atoms with Crippen LogP contribution >= 0.6 is 0 Å². The van der Waals surface area contributed by atoms with Crippen LogP contribution in [0.2, 0.25) is 0 Å². The number of hydrogen-bond donors (Lipinski definition) is 0. The van der Waals surface area contributed by atoms with E-state index in [-0.39, 0.29) is 11.7 Å². The third kappa shape index (κ3) is 4.58. The Morgan fingerprint density at radius 2 is 1.46 bits per heavy atom. The van der Waals surface area contributed by atoms with E-state index in [0.717, 1.165) is 49.9 Å². The van der Waals surface area contributed by atoms with Gasteiger partial charge < -0.3 is 9.47 Å². The van der Waals surface area contributed by atoms with Crippen LogP contribution in [0.1, 0.15) is 32.6 Å². The number of esters is 1. The molecular weight excluding hydrogens is 335 g/mol. The highest BCUT2D eigenvalue weighted by Gasteiger charge is 2.61. The molecule has 0 atom stereocenters. The second-order valence-corrected chi connectivity index (χ2v) is 5.97. The first-order valence-corrected chi connectivity index (χ1v) is 7.54. The molecule has 1 saturated carbocycles. The fraction of sp³-hybridized carbons (Fsp3) is 0.562. The highest BCUT2D eigenvalue weighted by atomic mass is 19.4. The molecule has 0 amide bonds. The largest absolute Gasteiger partial charge is 0.499 e. The first kappa shape index (κ1) is 18.5. The molecule has 1 fully saturated rings. The van der Waals surface area contributed by atoms with Gasteiger partial charge >= 0.3 is 18.3 Å². The Morgan fingerprint density at radius 3 is 1.96 bits per heavy atom. The average Bonchev–Trinajstić information content (AvgIpc) is 2.48. The van der Waals surface area contributed by atoms with Crippen LogP contribution in [0.25, 0.3) is 0 Å². The molecule has 3 nitrogen and oxygen atoms in total. The minimum atomic E-state index is -5.81. The molecule has 0 unspecified atom stereocenters. The highest BCUT2D eigenvalue weighted by molar-refractivity contribution is 5.75. The zero-order chi connectivity index (χ0) is 18.0. The molecule has 1 aromatic carbocycles. The van der Waals surface area contributed by atoms with Crippen LogP contribution in [0.3, 0.4) is 0 Å². The van der Waals surface area contributed by atoms with Gasteiger partial charge in [0.25, 0.3) is 0 Å². The quantitative estimate of drug-likeness (QED) is 0.437. The maximum atomic E-state index is 12.8. The van der Waals surface area contributed by atoms with Crippen LogP contribution in [0, 0.1) is 11.8 Å². The molecule has 0 N–H and O–H groups in total. The average molecular weight is 352 g/mol. The van der Waals surface area contributed by atoms with Crippen LogP contribution in [0.15, 0.2) is 24.3 Å². The Hall–Kier alpha value is -1.86. The van der Waals surface area contributed by atoms with Crippen molar-refractivity contribution < 1.29 is 36.2 Å². The van der Waals surface area contributed by atoms with Crippen molar-refractivity contribution in [3.05, 3.63) is 24.3 Å². The van der Waals surface area contributed by atoms with Crippen molar-refractivity contribution >= 4 is 5.97 Å². The van der Waals surface area contributed by atoms with Crippen molar-refractivity contribution in [1.82, 2.24) is 0 Å². The van der Waals surface area contributed by atoms with Gasteiger partial charge in [-0.1, -0.05) is 6.92 Å². The summed E-state index contributed by atoms with van der Waals surface area (Å²) in [6.45, 7) is 2.11. The van der Waals surface area contributed by atoms with Crippen molar-refractivity contribution in [2.45, 2.75) is 44.9 Å². The molecule has 0 aliphatic heterocycles. The number of hydrogen-bond acceptors (Lipinski definition) is 3. The van der Waals surface area contributed by atoms with Gasteiger partial charge in [-0.3, -0.25) is 4.79 Å². The van der Waals surface area contributed by atoms with E-state index < -0.39 is 24.0 Å². The summed E-state index contributed by atoms with van der Waals surface area (Å²) in [5, 5.41) is 0. The smallest absolute Gasteiger partial charge is 0.426 e. The molecule has 134 valence electrons. The van der Waals surface area contributed by atoms with Crippen LogP contribution in [-0.2, 0) is 4.79 Å². The fourth-order valence-corrected chi connectivity index (χ4v) is 2.48. The van der Waals surface area contributed by atoms with E-state index in [1.54, 1.807) is 0 Å². The summed E-state index contributed by atoms with van der Waals surface area (Å²) in [6.07, 6.45) is -7.80. The van der Waals surface area contributed by atoms with E-state index in [1.807, 2.05) is 0 Å². The van der Waals surface area contributed by atoms with Crippen molar-refractivity contribution in [2.24, 2.45) is 11.8 Å². The number of carbonyl (C=O) groups excluding carboxylic acids is 1. The molecule has 8 heteroatoms. The number of rotatable bonds is 4. The summed E-state index contributed by atoms with van der Waals surface area (Å²) < 4.78 is 70.5. The molecule has 0 heterocycles. The first-order valence-electron chi connectivity index (χ1n) is 7.54. The topological polar surface area (TPSA) is 35.5 Å². The van der Waals surface area contributed by atoms with Gasteiger partial charge in [-0.2, -0.15) is 22.0 Å². The molecule has 1 aliphatic rings. The van der Waals surface area contributed by atoms with Gasteiger partial charge in [0, 0.05) is 0 Å². The van der Waals surface area contributed by atoms with Crippen molar-refractivity contribution in [1.29, 1.82) is 0 Å². The van der Waals surface area contributed by atoms with Crippen LogP contribution < -0.4 is 9.47 Å². The molecule has 0 saturated heterocycles. The van der Waals surface area contributed by atoms with E-state index in [9.17, 15) is 26.7 Å². The van der Waals surface area contributed by atoms with Crippen LogP contribution in [0.5, 0.6) is 11.5 Å². The second-order valence-electron chi connectivity index (χ2n) is 5.97. The third-order valence-electron chi connectivity index (χ3n) is 3.97. The van der Waals surface area contributed by atoms with Gasteiger partial charge in [0.05, 0.1) is 5.92 Å². The van der Waals surface area contributed by atoms with Gasteiger partial charge in [-0.15, -0.1) is 0 Å². The lowest BCUT2D eigenvalue weighted by molar-refractivity contribution is -0.360.